The molecule has 2 aliphatic carbocycles. The maximum Gasteiger partial charge on any atom is 0.254 e. The molecule has 0 bridgehead atoms. The summed E-state index contributed by atoms with van der Waals surface area (Å²) in [6.07, 6.45) is 10.2. The number of fused-ring (bicyclic) bond motifs is 3. The molecule has 2 aliphatic heterocycles. The Balaban J connectivity index is 1.41. The fraction of sp³-hybridized carbons (Fsp3) is 0.532. The Morgan fingerprint density at radius 2 is 1.81 bits per heavy atom. The number of unbranched alkanes of at least 4 members (excludes halogenated alkanes) is 2. The molecular formula is C47H61N3O7. The molecule has 4 aliphatic rings. The van der Waals surface area contributed by atoms with Gasteiger partial charge in [-0.3, -0.25) is 9.69 Å². The van der Waals surface area contributed by atoms with Gasteiger partial charge in [-0.25, -0.2) is 0 Å². The summed E-state index contributed by atoms with van der Waals surface area (Å²) in [6.45, 7) is 13.2. The monoisotopic (exact) mass is 779 g/mol. The second kappa shape index (κ2) is 19.0. The number of benzene rings is 3. The van der Waals surface area contributed by atoms with Crippen LogP contribution in [0, 0.1) is 17.8 Å². The van der Waals surface area contributed by atoms with Crippen LogP contribution in [0.15, 0.2) is 90.1 Å². The lowest BCUT2D eigenvalue weighted by atomic mass is 9.55. The highest BCUT2D eigenvalue weighted by Crippen LogP contribution is 2.62. The summed E-state index contributed by atoms with van der Waals surface area (Å²) in [5, 5.41) is 26.7. The number of carbonyl (C=O) groups excluding carboxylic acids is 1. The van der Waals surface area contributed by atoms with Crippen molar-refractivity contribution in [3.8, 4) is 11.5 Å². The number of carbonyl (C=O) groups is 1. The fourth-order valence-electron chi connectivity index (χ4n) is 9.60. The second-order valence-corrected chi connectivity index (χ2v) is 15.9. The van der Waals surface area contributed by atoms with Crippen molar-refractivity contribution in [1.82, 2.24) is 9.80 Å². The number of ether oxygens (including phenoxy) is 3. The summed E-state index contributed by atoms with van der Waals surface area (Å²) in [6, 6.07) is 19.6. The number of nitrogens with zero attached hydrogens (tertiary/aromatic N) is 3. The van der Waals surface area contributed by atoms with Crippen molar-refractivity contribution in [2.24, 2.45) is 22.9 Å². The molecule has 6 atom stereocenters. The number of hydrogen-bond donors (Lipinski definition) is 2. The first-order valence-corrected chi connectivity index (χ1v) is 21.3. The summed E-state index contributed by atoms with van der Waals surface area (Å²) >= 11 is 0. The molecule has 10 nitrogen and oxygen atoms in total. The standard InChI is InChI=1S/C47H61N3O7/c1-4-21-50(46(53)36-18-17-33-13-7-8-14-34(33)29-36)43-32-41(48-56-6-3)39-30-35(15-9-11-25-51)38(16-10-12-26-52)44-40-31-37(54-28-24-49-22-23-49)19-20-42(40)57-47(43,45(39)44)55-27-5-2/h5,7-8,13-14,17-20,29-31,35,38,43-45,51-52H,2,4,6,9-12,15-16,21-28,32H2,1,3H3/t35-,38+,43-,44+,45+,47+/m0/s1. The van der Waals surface area contributed by atoms with Crippen LogP contribution in [-0.2, 0) is 9.57 Å². The van der Waals surface area contributed by atoms with Crippen LogP contribution in [0.4, 0.5) is 0 Å². The number of amides is 1. The Labute approximate surface area is 338 Å². The van der Waals surface area contributed by atoms with E-state index in [1.165, 1.54) is 0 Å². The van der Waals surface area contributed by atoms with Gasteiger partial charge in [-0.2, -0.15) is 0 Å². The Morgan fingerprint density at radius 1 is 1.02 bits per heavy atom. The van der Waals surface area contributed by atoms with E-state index in [0.29, 0.717) is 38.2 Å². The molecule has 0 aromatic heterocycles. The van der Waals surface area contributed by atoms with E-state index in [-0.39, 0.29) is 49.4 Å². The van der Waals surface area contributed by atoms with E-state index >= 15 is 4.79 Å². The summed E-state index contributed by atoms with van der Waals surface area (Å²) in [5.41, 5.74) is 3.51. The third-order valence-electron chi connectivity index (χ3n) is 12.3. The molecule has 3 aromatic carbocycles. The quantitative estimate of drug-likeness (QED) is 0.0489. The number of hydrogen-bond acceptors (Lipinski definition) is 9. The van der Waals surface area contributed by atoms with Crippen molar-refractivity contribution in [1.29, 1.82) is 0 Å². The Bertz CT molecular complexity index is 1910. The zero-order valence-electron chi connectivity index (χ0n) is 33.8. The molecule has 57 heavy (non-hydrogen) atoms. The second-order valence-electron chi connectivity index (χ2n) is 15.9. The van der Waals surface area contributed by atoms with E-state index in [0.717, 1.165) is 97.3 Å². The van der Waals surface area contributed by atoms with Crippen LogP contribution in [0.5, 0.6) is 11.5 Å². The number of aliphatic hydroxyl groups is 2. The minimum Gasteiger partial charge on any atom is -0.492 e. The third kappa shape index (κ3) is 8.80. The maximum atomic E-state index is 15.1. The van der Waals surface area contributed by atoms with E-state index in [2.05, 4.69) is 36.6 Å². The van der Waals surface area contributed by atoms with Crippen LogP contribution in [0.3, 0.4) is 0 Å². The summed E-state index contributed by atoms with van der Waals surface area (Å²) in [5.74, 6) is 0.00765. The summed E-state index contributed by atoms with van der Waals surface area (Å²) in [4.78, 5) is 25.3. The van der Waals surface area contributed by atoms with Gasteiger partial charge < -0.3 is 34.2 Å². The van der Waals surface area contributed by atoms with E-state index in [1.807, 2.05) is 60.4 Å². The lowest BCUT2D eigenvalue weighted by molar-refractivity contribution is -0.254. The van der Waals surface area contributed by atoms with Crippen LogP contribution in [0.25, 0.3) is 10.8 Å². The molecule has 306 valence electrons. The predicted octanol–water partition coefficient (Wildman–Crippen LogP) is 7.74. The van der Waals surface area contributed by atoms with Crippen LogP contribution in [0.1, 0.15) is 87.1 Å². The molecule has 10 heteroatoms. The highest BCUT2D eigenvalue weighted by molar-refractivity contribution is 6.04. The van der Waals surface area contributed by atoms with Gasteiger partial charge in [0.2, 0.25) is 5.79 Å². The minimum absolute atomic E-state index is 0.0874. The van der Waals surface area contributed by atoms with Crippen molar-refractivity contribution in [2.45, 2.75) is 83.0 Å². The van der Waals surface area contributed by atoms with Crippen LogP contribution in [-0.4, -0.2) is 103 Å². The fourth-order valence-corrected chi connectivity index (χ4v) is 9.60. The van der Waals surface area contributed by atoms with Crippen molar-refractivity contribution < 1.29 is 34.1 Å². The van der Waals surface area contributed by atoms with Gasteiger partial charge in [-0.15, -0.1) is 6.58 Å². The first-order valence-electron chi connectivity index (χ1n) is 21.3. The lowest BCUT2D eigenvalue weighted by Crippen LogP contribution is -2.70. The SMILES string of the molecule is C=CCO[C@@]12Oc3ccc(OCCN4CC4)cc3[C@H]3[C@H](CCCCO)[C@@H](CCCCO)C=C(C(=NOCC)C[C@@H]1N(CCC)C(=O)c1ccc4ccccc4c1)[C@H]32. The van der Waals surface area contributed by atoms with Crippen LogP contribution >= 0.6 is 0 Å². The van der Waals surface area contributed by atoms with E-state index in [9.17, 15) is 10.2 Å². The van der Waals surface area contributed by atoms with Crippen molar-refractivity contribution in [2.75, 3.05) is 59.2 Å². The molecule has 1 amide bonds. The van der Waals surface area contributed by atoms with Gasteiger partial charge >= 0.3 is 0 Å². The van der Waals surface area contributed by atoms with E-state index in [1.54, 1.807) is 6.08 Å². The van der Waals surface area contributed by atoms with Gasteiger partial charge in [0, 0.05) is 62.9 Å². The van der Waals surface area contributed by atoms with E-state index < -0.39 is 11.8 Å². The smallest absolute Gasteiger partial charge is 0.254 e. The molecule has 0 spiro atoms. The molecule has 0 radical (unpaired) electrons. The zero-order chi connectivity index (χ0) is 39.8. The van der Waals surface area contributed by atoms with Gasteiger partial charge in [0.15, 0.2) is 0 Å². The van der Waals surface area contributed by atoms with Crippen LogP contribution < -0.4 is 9.47 Å². The zero-order valence-corrected chi connectivity index (χ0v) is 33.8. The lowest BCUT2D eigenvalue weighted by Gasteiger charge is -2.60. The average Bonchev–Trinajstić information content (AvgIpc) is 4.07. The highest BCUT2D eigenvalue weighted by atomic mass is 16.7. The first kappa shape index (κ1) is 41.0. The topological polar surface area (TPSA) is 113 Å². The van der Waals surface area contributed by atoms with Crippen molar-refractivity contribution in [3.05, 3.63) is 96.1 Å². The van der Waals surface area contributed by atoms with Gasteiger partial charge in [0.05, 0.1) is 18.2 Å². The predicted molar refractivity (Wildman–Crippen MR) is 224 cm³/mol. The molecular weight excluding hydrogens is 719 g/mol. The highest BCUT2D eigenvalue weighted by Gasteiger charge is 2.65. The summed E-state index contributed by atoms with van der Waals surface area (Å²) in [7, 11) is 0. The molecule has 2 N–H and O–H groups in total. The number of rotatable bonds is 21. The van der Waals surface area contributed by atoms with E-state index in [4.69, 9.17) is 24.2 Å². The summed E-state index contributed by atoms with van der Waals surface area (Å²) < 4.78 is 20.9. The molecule has 0 unspecified atom stereocenters. The normalized spacial score (nSPS) is 25.6. The Hall–Kier alpha value is -4.22. The molecule has 7 rings (SSSR count). The van der Waals surface area contributed by atoms with Crippen LogP contribution in [0.2, 0.25) is 0 Å². The number of aliphatic hydroxyl groups excluding tert-OH is 2. The number of oxime groups is 1. The van der Waals surface area contributed by atoms with Gasteiger partial charge in [-0.1, -0.05) is 67.4 Å². The van der Waals surface area contributed by atoms with Crippen molar-refractivity contribution in [3.63, 3.8) is 0 Å². The van der Waals surface area contributed by atoms with Crippen molar-refractivity contribution >= 4 is 22.4 Å². The molecule has 2 fully saturated rings. The molecule has 2 heterocycles. The third-order valence-corrected chi connectivity index (χ3v) is 12.3. The van der Waals surface area contributed by atoms with Gasteiger partial charge in [0.25, 0.3) is 5.91 Å². The maximum absolute atomic E-state index is 15.1. The minimum atomic E-state index is -1.29. The molecule has 1 saturated carbocycles. The molecule has 1 saturated heterocycles. The molecule has 3 aromatic rings. The van der Waals surface area contributed by atoms with Gasteiger partial charge in [0.1, 0.15) is 30.8 Å². The van der Waals surface area contributed by atoms with Gasteiger partial charge in [-0.05, 0) is 97.5 Å². The Morgan fingerprint density at radius 3 is 2.54 bits per heavy atom. The first-order chi connectivity index (χ1) is 28.0. The number of allylic oxidation sites excluding steroid dienone is 1. The Kier molecular flexibility index (Phi) is 13.7. The average molecular weight is 780 g/mol. The largest absolute Gasteiger partial charge is 0.492 e.